The molecule has 0 aromatic heterocycles. The van der Waals surface area contributed by atoms with Crippen LogP contribution in [-0.4, -0.2) is 35.5 Å². The predicted octanol–water partition coefficient (Wildman–Crippen LogP) is 5.99. The Kier molecular flexibility index (Phi) is 7.46. The van der Waals surface area contributed by atoms with Crippen molar-refractivity contribution in [3.63, 3.8) is 0 Å². The van der Waals surface area contributed by atoms with E-state index in [-0.39, 0.29) is 18.0 Å². The maximum atomic E-state index is 12.7. The number of benzene rings is 3. The molecule has 2 fully saturated rings. The van der Waals surface area contributed by atoms with E-state index < -0.39 is 0 Å². The van der Waals surface area contributed by atoms with Gasteiger partial charge in [0.1, 0.15) is 6.61 Å². The molecule has 3 aromatic carbocycles. The third-order valence-electron chi connectivity index (χ3n) is 6.73. The van der Waals surface area contributed by atoms with Crippen molar-refractivity contribution >= 4 is 18.1 Å². The molecule has 1 N–H and O–H groups in total. The fourth-order valence-corrected chi connectivity index (χ4v) is 4.57. The second-order valence-corrected chi connectivity index (χ2v) is 9.64. The quantitative estimate of drug-likeness (QED) is 0.431. The maximum Gasteiger partial charge on any atom is 0.410 e. The van der Waals surface area contributed by atoms with Crippen LogP contribution in [0.1, 0.15) is 42.4 Å². The van der Waals surface area contributed by atoms with Crippen LogP contribution in [0.5, 0.6) is 0 Å². The van der Waals surface area contributed by atoms with Crippen LogP contribution in [0.4, 0.5) is 4.79 Å². The van der Waals surface area contributed by atoms with Gasteiger partial charge in [-0.25, -0.2) is 4.79 Å². The van der Waals surface area contributed by atoms with E-state index in [4.69, 9.17) is 4.74 Å². The Labute approximate surface area is 212 Å². The zero-order chi connectivity index (χ0) is 24.7. The summed E-state index contributed by atoms with van der Waals surface area (Å²) >= 11 is 0. The largest absolute Gasteiger partial charge is 0.445 e. The van der Waals surface area contributed by atoms with Gasteiger partial charge in [-0.3, -0.25) is 4.79 Å². The summed E-state index contributed by atoms with van der Waals surface area (Å²) in [6, 6.07) is 26.8. The van der Waals surface area contributed by atoms with Gasteiger partial charge in [-0.2, -0.15) is 0 Å². The highest BCUT2D eigenvalue weighted by atomic mass is 16.6. The Morgan fingerprint density at radius 2 is 1.69 bits per heavy atom. The van der Waals surface area contributed by atoms with Gasteiger partial charge in [0, 0.05) is 12.6 Å². The highest BCUT2D eigenvalue weighted by Crippen LogP contribution is 2.24. The third-order valence-corrected chi connectivity index (χ3v) is 6.73. The first-order valence-electron chi connectivity index (χ1n) is 12.8. The number of amides is 2. The summed E-state index contributed by atoms with van der Waals surface area (Å²) in [5.74, 6) is 0.0993. The van der Waals surface area contributed by atoms with Crippen molar-refractivity contribution in [2.75, 3.05) is 6.54 Å². The van der Waals surface area contributed by atoms with Crippen LogP contribution in [-0.2, 0) is 22.6 Å². The zero-order valence-corrected chi connectivity index (χ0v) is 20.4. The number of likely N-dealkylation sites (tertiary alicyclic amines) is 1. The molecule has 0 radical (unpaired) electrons. The average Bonchev–Trinajstić information content (AvgIpc) is 3.59. The number of carbonyl (C=O) groups excluding carboxylic acids is 2. The minimum atomic E-state index is -0.259. The van der Waals surface area contributed by atoms with Crippen LogP contribution >= 0.6 is 0 Å². The van der Waals surface area contributed by atoms with Crippen molar-refractivity contribution in [1.82, 2.24) is 10.2 Å². The van der Waals surface area contributed by atoms with Gasteiger partial charge in [0.25, 0.3) is 0 Å². The molecule has 1 atom stereocenters. The van der Waals surface area contributed by atoms with Gasteiger partial charge in [0.2, 0.25) is 5.91 Å². The summed E-state index contributed by atoms with van der Waals surface area (Å²) in [5.41, 5.74) is 5.34. The summed E-state index contributed by atoms with van der Waals surface area (Å²) in [6.07, 6.45) is 8.48. The molecular weight excluding hydrogens is 448 g/mol. The summed E-state index contributed by atoms with van der Waals surface area (Å²) in [5, 5.41) is 3.04. The van der Waals surface area contributed by atoms with Crippen LogP contribution in [0.25, 0.3) is 17.2 Å². The van der Waals surface area contributed by atoms with Crippen molar-refractivity contribution in [2.45, 2.75) is 50.8 Å². The zero-order valence-electron chi connectivity index (χ0n) is 20.4. The van der Waals surface area contributed by atoms with Crippen molar-refractivity contribution in [3.05, 3.63) is 102 Å². The van der Waals surface area contributed by atoms with Gasteiger partial charge < -0.3 is 15.0 Å². The van der Waals surface area contributed by atoms with Crippen LogP contribution < -0.4 is 5.32 Å². The molecule has 0 spiro atoms. The molecule has 1 heterocycles. The number of nitrogens with zero attached hydrogens (tertiary/aromatic N) is 1. The molecule has 36 heavy (non-hydrogen) atoms. The molecule has 0 unspecified atom stereocenters. The second-order valence-electron chi connectivity index (χ2n) is 9.64. The Balaban J connectivity index is 1.19. The Bertz CT molecular complexity index is 1220. The molecule has 5 nitrogen and oxygen atoms in total. The first kappa shape index (κ1) is 23.9. The Morgan fingerprint density at radius 3 is 2.47 bits per heavy atom. The normalized spacial score (nSPS) is 17.3. The topological polar surface area (TPSA) is 58.6 Å². The van der Waals surface area contributed by atoms with E-state index in [2.05, 4.69) is 47.8 Å². The number of carbonyl (C=O) groups is 2. The van der Waals surface area contributed by atoms with Crippen molar-refractivity contribution in [2.24, 2.45) is 0 Å². The smallest absolute Gasteiger partial charge is 0.410 e. The lowest BCUT2D eigenvalue weighted by Gasteiger charge is -2.21. The summed E-state index contributed by atoms with van der Waals surface area (Å²) < 4.78 is 5.55. The van der Waals surface area contributed by atoms with E-state index in [1.165, 1.54) is 0 Å². The van der Waals surface area contributed by atoms with Gasteiger partial charge in [-0.05, 0) is 59.6 Å². The molecular formula is C31H32N2O3. The van der Waals surface area contributed by atoms with Gasteiger partial charge >= 0.3 is 6.09 Å². The molecule has 5 heteroatoms. The monoisotopic (exact) mass is 480 g/mol. The molecule has 5 rings (SSSR count). The van der Waals surface area contributed by atoms with Crippen molar-refractivity contribution in [3.8, 4) is 11.1 Å². The van der Waals surface area contributed by atoms with Crippen LogP contribution in [0.3, 0.4) is 0 Å². The highest BCUT2D eigenvalue weighted by Gasteiger charge is 2.28. The van der Waals surface area contributed by atoms with Gasteiger partial charge in [0.05, 0.1) is 12.5 Å². The first-order chi connectivity index (χ1) is 17.6. The lowest BCUT2D eigenvalue weighted by Crippen LogP contribution is -2.34. The number of ether oxygens (including phenoxy) is 1. The highest BCUT2D eigenvalue weighted by molar-refractivity contribution is 5.79. The van der Waals surface area contributed by atoms with Gasteiger partial charge in [-0.15, -0.1) is 0 Å². The molecule has 2 aliphatic rings. The average molecular weight is 481 g/mol. The SMILES string of the molecule is O=C(Cc1ccc(-c2cccc(C=C[C@@H]3CCCN3C(=O)OCc3ccccc3)c2)cc1)NC1CC1. The van der Waals surface area contributed by atoms with Crippen LogP contribution in [0, 0.1) is 0 Å². The summed E-state index contributed by atoms with van der Waals surface area (Å²) in [6.45, 7) is 1.01. The first-order valence-corrected chi connectivity index (χ1v) is 12.8. The van der Waals surface area contributed by atoms with Crippen LogP contribution in [0.15, 0.2) is 84.9 Å². The fourth-order valence-electron chi connectivity index (χ4n) is 4.57. The number of hydrogen-bond acceptors (Lipinski definition) is 3. The van der Waals surface area contributed by atoms with E-state index in [1.54, 1.807) is 0 Å². The molecule has 1 saturated carbocycles. The van der Waals surface area contributed by atoms with E-state index in [1.807, 2.05) is 53.4 Å². The lowest BCUT2D eigenvalue weighted by atomic mass is 10.0. The summed E-state index contributed by atoms with van der Waals surface area (Å²) in [7, 11) is 0. The molecule has 0 bridgehead atoms. The molecule has 3 aromatic rings. The van der Waals surface area contributed by atoms with Crippen molar-refractivity contribution < 1.29 is 14.3 Å². The third kappa shape index (κ3) is 6.42. The minimum absolute atomic E-state index is 0.0398. The fraction of sp³-hybridized carbons (Fsp3) is 0.290. The second kappa shape index (κ2) is 11.3. The Morgan fingerprint density at radius 1 is 0.889 bits per heavy atom. The summed E-state index contributed by atoms with van der Waals surface area (Å²) in [4.78, 5) is 26.6. The van der Waals surface area contributed by atoms with Gasteiger partial charge in [-0.1, -0.05) is 84.9 Å². The maximum absolute atomic E-state index is 12.7. The predicted molar refractivity (Wildman–Crippen MR) is 142 cm³/mol. The lowest BCUT2D eigenvalue weighted by molar-refractivity contribution is -0.120. The van der Waals surface area contributed by atoms with Gasteiger partial charge in [0.15, 0.2) is 0 Å². The Hall–Kier alpha value is -3.86. The standard InChI is InChI=1S/C31H32N2O3/c34-30(32-28-16-17-28)21-24-11-14-26(15-12-24)27-9-4-8-23(20-27)13-18-29-10-5-19-33(29)31(35)36-22-25-6-2-1-3-7-25/h1-4,6-9,11-15,18,20,28-29H,5,10,16-17,19,21-22H2,(H,32,34)/t29-/m0/s1. The number of hydrogen-bond donors (Lipinski definition) is 1. The van der Waals surface area contributed by atoms with E-state index in [0.717, 1.165) is 53.5 Å². The molecule has 2 amide bonds. The van der Waals surface area contributed by atoms with E-state index in [0.29, 0.717) is 25.6 Å². The number of nitrogens with one attached hydrogen (secondary N) is 1. The van der Waals surface area contributed by atoms with Crippen molar-refractivity contribution in [1.29, 1.82) is 0 Å². The van der Waals surface area contributed by atoms with E-state index in [9.17, 15) is 9.59 Å². The van der Waals surface area contributed by atoms with E-state index >= 15 is 0 Å². The molecule has 1 aliphatic carbocycles. The molecule has 1 saturated heterocycles. The molecule has 1 aliphatic heterocycles. The minimum Gasteiger partial charge on any atom is -0.445 e. The molecule has 184 valence electrons. The number of rotatable bonds is 8. The van der Waals surface area contributed by atoms with Crippen LogP contribution in [0.2, 0.25) is 0 Å².